The third kappa shape index (κ3) is 3.12. The number of hydrogen-bond donors (Lipinski definition) is 2. The van der Waals surface area contributed by atoms with Crippen molar-refractivity contribution in [3.8, 4) is 0 Å². The molecule has 0 atom stereocenters. The maximum absolute atomic E-state index is 3.47. The lowest BCUT2D eigenvalue weighted by molar-refractivity contribution is 0.625. The zero-order valence-corrected chi connectivity index (χ0v) is 11.4. The molecule has 0 amide bonds. The summed E-state index contributed by atoms with van der Waals surface area (Å²) in [7, 11) is 2.12. The number of fused-ring (bicyclic) bond motifs is 1. The molecular weight excluding hydrogens is 222 g/mol. The van der Waals surface area contributed by atoms with Crippen LogP contribution in [0.3, 0.4) is 0 Å². The highest BCUT2D eigenvalue weighted by molar-refractivity contribution is 5.83. The molecule has 0 saturated heterocycles. The molecule has 18 heavy (non-hydrogen) atoms. The minimum atomic E-state index is 1.04. The van der Waals surface area contributed by atoms with Crippen LogP contribution in [0.25, 0.3) is 10.9 Å². The highest BCUT2D eigenvalue weighted by Crippen LogP contribution is 2.20. The van der Waals surface area contributed by atoms with Gasteiger partial charge in [-0.05, 0) is 31.1 Å². The fraction of sp³-hybridized carbons (Fsp3) is 0.467. The zero-order chi connectivity index (χ0) is 12.8. The first-order valence-corrected chi connectivity index (χ1v) is 6.77. The molecule has 3 nitrogen and oxygen atoms in total. The van der Waals surface area contributed by atoms with Gasteiger partial charge in [0.25, 0.3) is 0 Å². The number of likely N-dealkylation sites (N-methyl/N-ethyl adjacent to an activating group) is 1. The van der Waals surface area contributed by atoms with Crippen LogP contribution in [0.1, 0.15) is 12.5 Å². The zero-order valence-electron chi connectivity index (χ0n) is 11.4. The monoisotopic (exact) mass is 245 g/mol. The molecule has 1 heterocycles. The maximum atomic E-state index is 3.47. The van der Waals surface area contributed by atoms with Crippen molar-refractivity contribution in [1.82, 2.24) is 15.2 Å². The van der Waals surface area contributed by atoms with Crippen LogP contribution in [0.5, 0.6) is 0 Å². The molecular formula is C15H23N3. The van der Waals surface area contributed by atoms with E-state index in [1.807, 2.05) is 0 Å². The summed E-state index contributed by atoms with van der Waals surface area (Å²) >= 11 is 0. The SMILES string of the molecule is CCNCCNCCc1cn(C)c2ccccc12. The second-order valence-corrected chi connectivity index (χ2v) is 4.64. The van der Waals surface area contributed by atoms with Crippen molar-refractivity contribution < 1.29 is 0 Å². The fourth-order valence-electron chi connectivity index (χ4n) is 2.33. The van der Waals surface area contributed by atoms with Crippen molar-refractivity contribution >= 4 is 10.9 Å². The van der Waals surface area contributed by atoms with Crippen molar-refractivity contribution in [2.45, 2.75) is 13.3 Å². The van der Waals surface area contributed by atoms with Gasteiger partial charge in [-0.25, -0.2) is 0 Å². The van der Waals surface area contributed by atoms with E-state index in [4.69, 9.17) is 0 Å². The normalized spacial score (nSPS) is 11.2. The summed E-state index contributed by atoms with van der Waals surface area (Å²) in [6.45, 7) is 6.31. The number of rotatable bonds is 7. The predicted molar refractivity (Wildman–Crippen MR) is 78.0 cm³/mol. The first-order chi connectivity index (χ1) is 8.83. The van der Waals surface area contributed by atoms with Gasteiger partial charge in [0.15, 0.2) is 0 Å². The summed E-state index contributed by atoms with van der Waals surface area (Å²) < 4.78 is 2.21. The molecule has 0 fully saturated rings. The van der Waals surface area contributed by atoms with Crippen molar-refractivity contribution in [3.05, 3.63) is 36.0 Å². The van der Waals surface area contributed by atoms with Gasteiger partial charge in [-0.2, -0.15) is 0 Å². The van der Waals surface area contributed by atoms with Gasteiger partial charge in [-0.1, -0.05) is 25.1 Å². The van der Waals surface area contributed by atoms with Crippen LogP contribution in [-0.2, 0) is 13.5 Å². The highest BCUT2D eigenvalue weighted by Gasteiger charge is 2.04. The molecule has 1 aromatic carbocycles. The first kappa shape index (κ1) is 13.1. The molecule has 0 unspecified atom stereocenters. The van der Waals surface area contributed by atoms with Gasteiger partial charge >= 0.3 is 0 Å². The Morgan fingerprint density at radius 3 is 2.67 bits per heavy atom. The minimum Gasteiger partial charge on any atom is -0.350 e. The Hall–Kier alpha value is -1.32. The van der Waals surface area contributed by atoms with Gasteiger partial charge in [0.05, 0.1) is 0 Å². The quantitative estimate of drug-likeness (QED) is 0.730. The summed E-state index contributed by atoms with van der Waals surface area (Å²) in [5, 5.41) is 8.17. The van der Waals surface area contributed by atoms with Gasteiger partial charge in [-0.15, -0.1) is 0 Å². The van der Waals surface area contributed by atoms with Gasteiger partial charge in [-0.3, -0.25) is 0 Å². The maximum Gasteiger partial charge on any atom is 0.0480 e. The fourth-order valence-corrected chi connectivity index (χ4v) is 2.33. The Labute approximate surface area is 109 Å². The van der Waals surface area contributed by atoms with Gasteiger partial charge in [0.1, 0.15) is 0 Å². The van der Waals surface area contributed by atoms with Crippen LogP contribution in [0, 0.1) is 0 Å². The molecule has 1 aromatic heterocycles. The largest absolute Gasteiger partial charge is 0.350 e. The number of para-hydroxylation sites is 1. The second kappa shape index (κ2) is 6.57. The van der Waals surface area contributed by atoms with Crippen LogP contribution in [0.15, 0.2) is 30.5 Å². The third-order valence-corrected chi connectivity index (χ3v) is 3.28. The topological polar surface area (TPSA) is 29.0 Å². The number of nitrogens with zero attached hydrogens (tertiary/aromatic N) is 1. The lowest BCUT2D eigenvalue weighted by Gasteiger charge is -2.04. The van der Waals surface area contributed by atoms with Crippen LogP contribution < -0.4 is 10.6 Å². The van der Waals surface area contributed by atoms with E-state index in [1.54, 1.807) is 0 Å². The summed E-state index contributed by atoms with van der Waals surface area (Å²) in [5.74, 6) is 0. The van der Waals surface area contributed by atoms with E-state index in [2.05, 4.69) is 59.6 Å². The Kier molecular flexibility index (Phi) is 4.79. The smallest absolute Gasteiger partial charge is 0.0480 e. The van der Waals surface area contributed by atoms with Gasteiger partial charge < -0.3 is 15.2 Å². The molecule has 0 aliphatic carbocycles. The predicted octanol–water partition coefficient (Wildman–Crippen LogP) is 1.92. The molecule has 0 saturated carbocycles. The van der Waals surface area contributed by atoms with Crippen molar-refractivity contribution in [2.75, 3.05) is 26.2 Å². The Morgan fingerprint density at radius 2 is 1.83 bits per heavy atom. The second-order valence-electron chi connectivity index (χ2n) is 4.64. The first-order valence-electron chi connectivity index (χ1n) is 6.77. The summed E-state index contributed by atoms with van der Waals surface area (Å²) in [5.41, 5.74) is 2.75. The van der Waals surface area contributed by atoms with E-state index in [0.29, 0.717) is 0 Å². The van der Waals surface area contributed by atoms with Crippen molar-refractivity contribution in [1.29, 1.82) is 0 Å². The molecule has 2 N–H and O–H groups in total. The average molecular weight is 245 g/mol. The van der Waals surface area contributed by atoms with E-state index in [9.17, 15) is 0 Å². The number of aryl methyl sites for hydroxylation is 1. The molecule has 0 radical (unpaired) electrons. The van der Waals surface area contributed by atoms with Crippen LogP contribution >= 0.6 is 0 Å². The number of hydrogen-bond acceptors (Lipinski definition) is 2. The van der Waals surface area contributed by atoms with Crippen LogP contribution in [0.4, 0.5) is 0 Å². The molecule has 2 aromatic rings. The number of nitrogens with one attached hydrogen (secondary N) is 2. The Morgan fingerprint density at radius 1 is 1.06 bits per heavy atom. The van der Waals surface area contributed by atoms with Crippen molar-refractivity contribution in [2.24, 2.45) is 7.05 Å². The molecule has 98 valence electrons. The van der Waals surface area contributed by atoms with E-state index < -0.39 is 0 Å². The standard InChI is InChI=1S/C15H23N3/c1-3-16-10-11-17-9-8-13-12-18(2)15-7-5-4-6-14(13)15/h4-7,12,16-17H,3,8-11H2,1-2H3. The average Bonchev–Trinajstić information content (AvgIpc) is 2.71. The summed E-state index contributed by atoms with van der Waals surface area (Å²) in [6, 6.07) is 8.60. The lowest BCUT2D eigenvalue weighted by Crippen LogP contribution is -2.28. The lowest BCUT2D eigenvalue weighted by atomic mass is 10.1. The van der Waals surface area contributed by atoms with E-state index in [1.165, 1.54) is 16.5 Å². The number of benzene rings is 1. The molecule has 0 bridgehead atoms. The molecule has 0 spiro atoms. The molecule has 0 aliphatic rings. The van der Waals surface area contributed by atoms with E-state index in [0.717, 1.165) is 32.6 Å². The van der Waals surface area contributed by atoms with Gasteiger partial charge in [0, 0.05) is 37.2 Å². The summed E-state index contributed by atoms with van der Waals surface area (Å²) in [4.78, 5) is 0. The van der Waals surface area contributed by atoms with Crippen molar-refractivity contribution in [3.63, 3.8) is 0 Å². The summed E-state index contributed by atoms with van der Waals surface area (Å²) in [6.07, 6.45) is 3.34. The Bertz CT molecular complexity index is 487. The molecule has 3 heteroatoms. The number of aromatic nitrogens is 1. The van der Waals surface area contributed by atoms with Crippen LogP contribution in [-0.4, -0.2) is 30.7 Å². The molecule has 2 rings (SSSR count). The Balaban J connectivity index is 1.88. The van der Waals surface area contributed by atoms with Gasteiger partial charge in [0.2, 0.25) is 0 Å². The van der Waals surface area contributed by atoms with E-state index >= 15 is 0 Å². The minimum absolute atomic E-state index is 1.04. The molecule has 0 aliphatic heterocycles. The highest BCUT2D eigenvalue weighted by atomic mass is 14.9. The third-order valence-electron chi connectivity index (χ3n) is 3.28. The van der Waals surface area contributed by atoms with Crippen LogP contribution in [0.2, 0.25) is 0 Å². The van der Waals surface area contributed by atoms with E-state index in [-0.39, 0.29) is 0 Å².